The largest absolute Gasteiger partial charge is 0.497 e. The van der Waals surface area contributed by atoms with E-state index in [2.05, 4.69) is 5.32 Å². The minimum Gasteiger partial charge on any atom is -0.497 e. The normalized spacial score (nSPS) is 14.5. The Kier molecular flexibility index (Phi) is 8.93. The van der Waals surface area contributed by atoms with Gasteiger partial charge in [-0.05, 0) is 54.4 Å². The second kappa shape index (κ2) is 11.9. The second-order valence-corrected chi connectivity index (χ2v) is 9.30. The Morgan fingerprint density at radius 2 is 1.73 bits per heavy atom. The van der Waals surface area contributed by atoms with Gasteiger partial charge in [0.2, 0.25) is 15.9 Å². The minimum atomic E-state index is -3.62. The summed E-state index contributed by atoms with van der Waals surface area (Å²) in [4.78, 5) is 12.5. The van der Waals surface area contributed by atoms with Gasteiger partial charge in [-0.15, -0.1) is 0 Å². The topological polar surface area (TPSA) is 103 Å². The van der Waals surface area contributed by atoms with E-state index in [0.29, 0.717) is 62.9 Å². The van der Waals surface area contributed by atoms with Crippen LogP contribution >= 0.6 is 0 Å². The average molecular weight is 479 g/mol. The summed E-state index contributed by atoms with van der Waals surface area (Å²) in [6.45, 7) is 2.09. The van der Waals surface area contributed by atoms with Gasteiger partial charge in [-0.25, -0.2) is 8.42 Å². The number of methoxy groups -OCH3 is 2. The first-order valence-electron chi connectivity index (χ1n) is 10.7. The SMILES string of the molecule is COc1ccc(OCCNC(=O)CCc2cc(S(=O)(=O)N3CCOCC3)ccc2OC)cc1. The summed E-state index contributed by atoms with van der Waals surface area (Å²) in [5.41, 5.74) is 0.663. The number of morpholine rings is 1. The van der Waals surface area contributed by atoms with Gasteiger partial charge in [0.1, 0.15) is 23.9 Å². The minimum absolute atomic E-state index is 0.156. The number of sulfonamides is 1. The summed E-state index contributed by atoms with van der Waals surface area (Å²) < 4.78 is 48.6. The van der Waals surface area contributed by atoms with Crippen LogP contribution in [0.2, 0.25) is 0 Å². The molecule has 2 aromatic rings. The fraction of sp³-hybridized carbons (Fsp3) is 0.435. The van der Waals surface area contributed by atoms with Crippen LogP contribution < -0.4 is 19.5 Å². The van der Waals surface area contributed by atoms with E-state index in [-0.39, 0.29) is 17.2 Å². The van der Waals surface area contributed by atoms with Crippen molar-refractivity contribution in [2.45, 2.75) is 17.7 Å². The van der Waals surface area contributed by atoms with Crippen LogP contribution in [0.3, 0.4) is 0 Å². The van der Waals surface area contributed by atoms with Crippen molar-refractivity contribution in [3.05, 3.63) is 48.0 Å². The highest BCUT2D eigenvalue weighted by molar-refractivity contribution is 7.89. The predicted molar refractivity (Wildman–Crippen MR) is 122 cm³/mol. The summed E-state index contributed by atoms with van der Waals surface area (Å²) in [6.07, 6.45) is 0.542. The van der Waals surface area contributed by atoms with E-state index in [0.717, 1.165) is 5.75 Å². The lowest BCUT2D eigenvalue weighted by atomic mass is 10.1. The maximum Gasteiger partial charge on any atom is 0.243 e. The average Bonchev–Trinajstić information content (AvgIpc) is 2.86. The van der Waals surface area contributed by atoms with Crippen molar-refractivity contribution in [3.63, 3.8) is 0 Å². The quantitative estimate of drug-likeness (QED) is 0.492. The Morgan fingerprint density at radius 3 is 2.39 bits per heavy atom. The Hall–Kier alpha value is -2.82. The molecule has 0 aromatic heterocycles. The molecule has 1 heterocycles. The molecule has 1 N–H and O–H groups in total. The van der Waals surface area contributed by atoms with Gasteiger partial charge in [-0.1, -0.05) is 0 Å². The van der Waals surface area contributed by atoms with Gasteiger partial charge < -0.3 is 24.3 Å². The van der Waals surface area contributed by atoms with Crippen molar-refractivity contribution in [1.29, 1.82) is 0 Å². The number of amides is 1. The van der Waals surface area contributed by atoms with Gasteiger partial charge in [0.05, 0.1) is 38.9 Å². The molecule has 0 atom stereocenters. The lowest BCUT2D eigenvalue weighted by Crippen LogP contribution is -2.40. The Labute approximate surface area is 194 Å². The van der Waals surface area contributed by atoms with Crippen LogP contribution in [0.1, 0.15) is 12.0 Å². The molecule has 1 aliphatic heterocycles. The molecule has 0 unspecified atom stereocenters. The summed E-state index contributed by atoms with van der Waals surface area (Å²) >= 11 is 0. The van der Waals surface area contributed by atoms with E-state index in [1.165, 1.54) is 17.5 Å². The molecule has 180 valence electrons. The van der Waals surface area contributed by atoms with Crippen molar-refractivity contribution in [2.24, 2.45) is 0 Å². The van der Waals surface area contributed by atoms with Crippen molar-refractivity contribution in [2.75, 3.05) is 53.7 Å². The molecule has 0 aliphatic carbocycles. The number of benzene rings is 2. The number of ether oxygens (including phenoxy) is 4. The molecule has 33 heavy (non-hydrogen) atoms. The Morgan fingerprint density at radius 1 is 1.03 bits per heavy atom. The van der Waals surface area contributed by atoms with Crippen molar-refractivity contribution >= 4 is 15.9 Å². The first kappa shape index (κ1) is 24.8. The molecule has 9 nitrogen and oxygen atoms in total. The molecule has 0 bridgehead atoms. The molecule has 1 aliphatic rings. The number of nitrogens with zero attached hydrogens (tertiary/aromatic N) is 1. The predicted octanol–water partition coefficient (Wildman–Crippen LogP) is 1.85. The molecule has 0 spiro atoms. The zero-order valence-corrected chi connectivity index (χ0v) is 19.7. The van der Waals surface area contributed by atoms with E-state index in [1.807, 2.05) is 0 Å². The van der Waals surface area contributed by atoms with Gasteiger partial charge in [0, 0.05) is 19.5 Å². The maximum atomic E-state index is 12.9. The zero-order chi connectivity index (χ0) is 23.7. The van der Waals surface area contributed by atoms with Crippen LogP contribution in [0.15, 0.2) is 47.4 Å². The molecule has 3 rings (SSSR count). The van der Waals surface area contributed by atoms with Crippen LogP contribution in [0, 0.1) is 0 Å². The van der Waals surface area contributed by atoms with Crippen LogP contribution in [0.4, 0.5) is 0 Å². The van der Waals surface area contributed by atoms with E-state index in [1.54, 1.807) is 43.5 Å². The zero-order valence-electron chi connectivity index (χ0n) is 18.9. The lowest BCUT2D eigenvalue weighted by Gasteiger charge is -2.26. The molecule has 10 heteroatoms. The van der Waals surface area contributed by atoms with E-state index in [9.17, 15) is 13.2 Å². The van der Waals surface area contributed by atoms with Crippen LogP contribution in [0.5, 0.6) is 17.2 Å². The van der Waals surface area contributed by atoms with Gasteiger partial charge in [-0.3, -0.25) is 4.79 Å². The molecule has 2 aromatic carbocycles. The maximum absolute atomic E-state index is 12.9. The van der Waals surface area contributed by atoms with Gasteiger partial charge >= 0.3 is 0 Å². The molecule has 1 amide bonds. The molecular weight excluding hydrogens is 448 g/mol. The standard InChI is InChI=1S/C23H30N2O7S/c1-29-19-4-6-20(7-5-19)32-14-11-24-23(26)10-3-18-17-21(8-9-22(18)30-2)33(27,28)25-12-15-31-16-13-25/h4-9,17H,3,10-16H2,1-2H3,(H,24,26). The number of rotatable bonds is 11. The molecule has 0 saturated carbocycles. The van der Waals surface area contributed by atoms with Crippen molar-refractivity contribution in [3.8, 4) is 17.2 Å². The lowest BCUT2D eigenvalue weighted by molar-refractivity contribution is -0.121. The number of hydrogen-bond donors (Lipinski definition) is 1. The van der Waals surface area contributed by atoms with Crippen molar-refractivity contribution in [1.82, 2.24) is 9.62 Å². The number of carbonyl (C=O) groups excluding carboxylic acids is 1. The number of carbonyl (C=O) groups is 1. The van der Waals surface area contributed by atoms with Crippen molar-refractivity contribution < 1.29 is 32.2 Å². The third-order valence-electron chi connectivity index (χ3n) is 5.23. The molecule has 0 radical (unpaired) electrons. The number of hydrogen-bond acceptors (Lipinski definition) is 7. The van der Waals surface area contributed by atoms with Gasteiger partial charge in [0.15, 0.2) is 0 Å². The molecule has 1 saturated heterocycles. The van der Waals surface area contributed by atoms with E-state index in [4.69, 9.17) is 18.9 Å². The summed E-state index contributed by atoms with van der Waals surface area (Å²) in [5, 5.41) is 2.81. The Bertz CT molecular complexity index is 1020. The summed E-state index contributed by atoms with van der Waals surface area (Å²) in [6, 6.07) is 11.9. The second-order valence-electron chi connectivity index (χ2n) is 7.36. The fourth-order valence-electron chi connectivity index (χ4n) is 3.41. The highest BCUT2D eigenvalue weighted by atomic mass is 32.2. The molecule has 1 fully saturated rings. The van der Waals surface area contributed by atoms with Gasteiger partial charge in [0.25, 0.3) is 0 Å². The fourth-order valence-corrected chi connectivity index (χ4v) is 4.87. The molecular formula is C23H30N2O7S. The van der Waals surface area contributed by atoms with Crippen LogP contribution in [0.25, 0.3) is 0 Å². The van der Waals surface area contributed by atoms with Crippen LogP contribution in [-0.2, 0) is 26.0 Å². The summed E-state index contributed by atoms with van der Waals surface area (Å²) in [5.74, 6) is 1.82. The third kappa shape index (κ3) is 6.83. The van der Waals surface area contributed by atoms with E-state index < -0.39 is 10.0 Å². The van der Waals surface area contributed by atoms with Crippen LogP contribution in [-0.4, -0.2) is 72.3 Å². The van der Waals surface area contributed by atoms with Gasteiger partial charge in [-0.2, -0.15) is 4.31 Å². The summed E-state index contributed by atoms with van der Waals surface area (Å²) in [7, 11) is -0.507. The Balaban J connectivity index is 1.51. The highest BCUT2D eigenvalue weighted by Gasteiger charge is 2.27. The number of nitrogens with one attached hydrogen (secondary N) is 1. The first-order chi connectivity index (χ1) is 15.9. The monoisotopic (exact) mass is 478 g/mol. The smallest absolute Gasteiger partial charge is 0.243 e. The third-order valence-corrected chi connectivity index (χ3v) is 7.13. The highest BCUT2D eigenvalue weighted by Crippen LogP contribution is 2.26. The first-order valence-corrected chi connectivity index (χ1v) is 12.2. The number of aryl methyl sites for hydroxylation is 1. The van der Waals surface area contributed by atoms with E-state index >= 15 is 0 Å².